The average molecular weight is 284 g/mol. The smallest absolute Gasteiger partial charge is 0.244 e. The molecule has 0 aromatic heterocycles. The molecule has 1 aromatic rings. The maximum absolute atomic E-state index is 12.5. The van der Waals surface area contributed by atoms with Gasteiger partial charge in [0.1, 0.15) is 10.6 Å². The third-order valence-electron chi connectivity index (χ3n) is 3.59. The van der Waals surface area contributed by atoms with Gasteiger partial charge in [0, 0.05) is 12.1 Å². The van der Waals surface area contributed by atoms with Crippen molar-refractivity contribution in [2.24, 2.45) is 5.73 Å². The van der Waals surface area contributed by atoms with Crippen molar-refractivity contribution >= 4 is 10.0 Å². The first kappa shape index (κ1) is 14.3. The molecule has 0 unspecified atom stereocenters. The molecule has 6 heteroatoms. The SMILES string of the molecule is COc1ccc(CN)cc1S(=O)(=O)NC1(C)CCC1. The first-order valence-corrected chi connectivity index (χ1v) is 7.79. The van der Waals surface area contributed by atoms with Crippen LogP contribution in [0.3, 0.4) is 0 Å². The van der Waals surface area contributed by atoms with Crippen LogP contribution in [0.4, 0.5) is 0 Å². The van der Waals surface area contributed by atoms with E-state index in [0.717, 1.165) is 24.8 Å². The lowest BCUT2D eigenvalue weighted by Crippen LogP contribution is -2.50. The van der Waals surface area contributed by atoms with Gasteiger partial charge in [-0.15, -0.1) is 0 Å². The van der Waals surface area contributed by atoms with Gasteiger partial charge in [0.15, 0.2) is 0 Å². The Kier molecular flexibility index (Phi) is 3.85. The van der Waals surface area contributed by atoms with Gasteiger partial charge in [-0.2, -0.15) is 0 Å². The molecule has 1 aliphatic carbocycles. The van der Waals surface area contributed by atoms with E-state index in [1.165, 1.54) is 7.11 Å². The molecule has 0 bridgehead atoms. The first-order valence-electron chi connectivity index (χ1n) is 6.31. The van der Waals surface area contributed by atoms with E-state index in [0.29, 0.717) is 12.3 Å². The Morgan fingerprint density at radius 2 is 2.11 bits per heavy atom. The number of hydrogen-bond acceptors (Lipinski definition) is 4. The molecule has 0 radical (unpaired) electrons. The number of rotatable bonds is 5. The highest BCUT2D eigenvalue weighted by Crippen LogP contribution is 2.34. The van der Waals surface area contributed by atoms with Gasteiger partial charge in [-0.1, -0.05) is 6.07 Å². The summed E-state index contributed by atoms with van der Waals surface area (Å²) in [4.78, 5) is 0.158. The lowest BCUT2D eigenvalue weighted by Gasteiger charge is -2.38. The molecule has 1 saturated carbocycles. The number of benzene rings is 1. The van der Waals surface area contributed by atoms with Crippen molar-refractivity contribution in [3.63, 3.8) is 0 Å². The van der Waals surface area contributed by atoms with Crippen LogP contribution in [0.5, 0.6) is 5.75 Å². The highest BCUT2D eigenvalue weighted by Gasteiger charge is 2.37. The minimum Gasteiger partial charge on any atom is -0.495 e. The van der Waals surface area contributed by atoms with Crippen molar-refractivity contribution in [1.29, 1.82) is 0 Å². The quantitative estimate of drug-likeness (QED) is 0.855. The normalized spacial score (nSPS) is 17.8. The molecular weight excluding hydrogens is 264 g/mol. The summed E-state index contributed by atoms with van der Waals surface area (Å²) in [6.45, 7) is 2.22. The van der Waals surface area contributed by atoms with Gasteiger partial charge in [-0.05, 0) is 43.9 Å². The van der Waals surface area contributed by atoms with Crippen LogP contribution in [0.15, 0.2) is 23.1 Å². The fraction of sp³-hybridized carbons (Fsp3) is 0.538. The Morgan fingerprint density at radius 3 is 2.58 bits per heavy atom. The van der Waals surface area contributed by atoms with E-state index < -0.39 is 10.0 Å². The Balaban J connectivity index is 2.38. The third-order valence-corrected chi connectivity index (χ3v) is 5.25. The van der Waals surface area contributed by atoms with Crippen molar-refractivity contribution in [3.8, 4) is 5.75 Å². The predicted molar refractivity (Wildman–Crippen MR) is 73.5 cm³/mol. The minimum absolute atomic E-state index is 0.158. The number of hydrogen-bond donors (Lipinski definition) is 2. The molecule has 0 aliphatic heterocycles. The van der Waals surface area contributed by atoms with Crippen LogP contribution in [0.25, 0.3) is 0 Å². The van der Waals surface area contributed by atoms with Gasteiger partial charge in [0.05, 0.1) is 7.11 Å². The van der Waals surface area contributed by atoms with Crippen LogP contribution in [0.2, 0.25) is 0 Å². The third kappa shape index (κ3) is 2.91. The summed E-state index contributed by atoms with van der Waals surface area (Å²) in [7, 11) is -2.12. The number of nitrogens with one attached hydrogen (secondary N) is 1. The molecule has 0 amide bonds. The van der Waals surface area contributed by atoms with Gasteiger partial charge in [0.25, 0.3) is 0 Å². The van der Waals surface area contributed by atoms with Crippen LogP contribution in [-0.4, -0.2) is 21.1 Å². The zero-order valence-corrected chi connectivity index (χ0v) is 12.1. The van der Waals surface area contributed by atoms with Gasteiger partial charge in [-0.3, -0.25) is 0 Å². The Labute approximate surface area is 114 Å². The number of sulfonamides is 1. The maximum atomic E-state index is 12.5. The molecular formula is C13H20N2O3S. The summed E-state index contributed by atoms with van der Waals surface area (Å²) in [5.41, 5.74) is 6.00. The van der Waals surface area contributed by atoms with Crippen LogP contribution in [0.1, 0.15) is 31.7 Å². The van der Waals surface area contributed by atoms with E-state index in [9.17, 15) is 8.42 Å². The molecule has 1 fully saturated rings. The van der Waals surface area contributed by atoms with Crippen molar-refractivity contribution in [1.82, 2.24) is 4.72 Å². The number of ether oxygens (including phenoxy) is 1. The summed E-state index contributed by atoms with van der Waals surface area (Å²) in [5.74, 6) is 0.340. The molecule has 2 rings (SSSR count). The molecule has 106 valence electrons. The fourth-order valence-electron chi connectivity index (χ4n) is 2.25. The summed E-state index contributed by atoms with van der Waals surface area (Å²) >= 11 is 0. The maximum Gasteiger partial charge on any atom is 0.244 e. The van der Waals surface area contributed by atoms with Gasteiger partial charge < -0.3 is 10.5 Å². The number of methoxy groups -OCH3 is 1. The van der Waals surface area contributed by atoms with Crippen molar-refractivity contribution < 1.29 is 13.2 Å². The lowest BCUT2D eigenvalue weighted by atomic mass is 9.80. The van der Waals surface area contributed by atoms with E-state index in [1.807, 2.05) is 6.92 Å². The molecule has 0 heterocycles. The van der Waals surface area contributed by atoms with Gasteiger partial charge in [0.2, 0.25) is 10.0 Å². The largest absolute Gasteiger partial charge is 0.495 e. The first-order chi connectivity index (χ1) is 8.90. The highest BCUT2D eigenvalue weighted by molar-refractivity contribution is 7.89. The van der Waals surface area contributed by atoms with Crippen molar-refractivity contribution in [2.75, 3.05) is 7.11 Å². The van der Waals surface area contributed by atoms with E-state index in [4.69, 9.17) is 10.5 Å². The second-order valence-corrected chi connectivity index (χ2v) is 6.86. The van der Waals surface area contributed by atoms with Crippen LogP contribution >= 0.6 is 0 Å². The monoisotopic (exact) mass is 284 g/mol. The standard InChI is InChI=1S/C13H20N2O3S/c1-13(6-3-7-13)15-19(16,17)12-8-10(9-14)4-5-11(12)18-2/h4-5,8,15H,3,6-7,9,14H2,1-2H3. The second-order valence-electron chi connectivity index (χ2n) is 5.21. The molecule has 0 atom stereocenters. The van der Waals surface area contributed by atoms with Crippen LogP contribution < -0.4 is 15.2 Å². The zero-order chi connectivity index (χ0) is 14.1. The van der Waals surface area contributed by atoms with Crippen molar-refractivity contribution in [3.05, 3.63) is 23.8 Å². The second kappa shape index (κ2) is 5.11. The molecule has 0 saturated heterocycles. The lowest BCUT2D eigenvalue weighted by molar-refractivity contribution is 0.247. The summed E-state index contributed by atoms with van der Waals surface area (Å²) in [6.07, 6.45) is 2.79. The molecule has 19 heavy (non-hydrogen) atoms. The minimum atomic E-state index is -3.58. The summed E-state index contributed by atoms with van der Waals surface area (Å²) in [5, 5.41) is 0. The van der Waals surface area contributed by atoms with Crippen molar-refractivity contribution in [2.45, 2.75) is 43.2 Å². The molecule has 5 nitrogen and oxygen atoms in total. The molecule has 3 N–H and O–H groups in total. The summed E-state index contributed by atoms with van der Waals surface area (Å²) in [6, 6.07) is 4.98. The highest BCUT2D eigenvalue weighted by atomic mass is 32.2. The molecule has 1 aliphatic rings. The fourth-order valence-corrected chi connectivity index (χ4v) is 3.93. The van der Waals surface area contributed by atoms with E-state index in [-0.39, 0.29) is 10.4 Å². The Hall–Kier alpha value is -1.11. The number of nitrogens with two attached hydrogens (primary N) is 1. The van der Waals surface area contributed by atoms with E-state index in [1.54, 1.807) is 18.2 Å². The molecule has 0 spiro atoms. The van der Waals surface area contributed by atoms with E-state index in [2.05, 4.69) is 4.72 Å². The van der Waals surface area contributed by atoms with Gasteiger partial charge >= 0.3 is 0 Å². The topological polar surface area (TPSA) is 81.4 Å². The Bertz CT molecular complexity index is 565. The van der Waals surface area contributed by atoms with Crippen LogP contribution in [0, 0.1) is 0 Å². The zero-order valence-electron chi connectivity index (χ0n) is 11.3. The Morgan fingerprint density at radius 1 is 1.42 bits per heavy atom. The molecule has 1 aromatic carbocycles. The van der Waals surface area contributed by atoms with E-state index >= 15 is 0 Å². The van der Waals surface area contributed by atoms with Crippen LogP contribution in [-0.2, 0) is 16.6 Å². The predicted octanol–water partition coefficient (Wildman–Crippen LogP) is 1.37. The average Bonchev–Trinajstić information content (AvgIpc) is 2.35. The summed E-state index contributed by atoms with van der Waals surface area (Å²) < 4.78 is 32.8. The van der Waals surface area contributed by atoms with Gasteiger partial charge in [-0.25, -0.2) is 13.1 Å².